The van der Waals surface area contributed by atoms with E-state index in [0.717, 1.165) is 35.2 Å². The van der Waals surface area contributed by atoms with Crippen molar-refractivity contribution in [3.63, 3.8) is 0 Å². The lowest BCUT2D eigenvalue weighted by Gasteiger charge is -2.26. The number of aromatic nitrogens is 1. The van der Waals surface area contributed by atoms with E-state index in [-0.39, 0.29) is 5.54 Å². The van der Waals surface area contributed by atoms with Gasteiger partial charge in [0, 0.05) is 22.7 Å². The van der Waals surface area contributed by atoms with E-state index >= 15 is 0 Å². The fourth-order valence-corrected chi connectivity index (χ4v) is 2.06. The predicted octanol–water partition coefficient (Wildman–Crippen LogP) is 3.44. The number of fused-ring (bicyclic) bond motifs is 1. The summed E-state index contributed by atoms with van der Waals surface area (Å²) >= 11 is 0. The third-order valence-corrected chi connectivity index (χ3v) is 3.73. The molecule has 1 aromatic carbocycles. The van der Waals surface area contributed by atoms with Crippen molar-refractivity contribution >= 4 is 10.9 Å². The Morgan fingerprint density at radius 2 is 1.89 bits per heavy atom. The van der Waals surface area contributed by atoms with Crippen molar-refractivity contribution in [2.75, 3.05) is 6.61 Å². The number of benzene rings is 1. The maximum absolute atomic E-state index is 6.29. The van der Waals surface area contributed by atoms with Gasteiger partial charge in [-0.1, -0.05) is 26.0 Å². The molecule has 0 saturated carbocycles. The zero-order valence-electron chi connectivity index (χ0n) is 11.9. The molecular formula is C16H22N2O. The van der Waals surface area contributed by atoms with Crippen LogP contribution in [-0.4, -0.2) is 17.1 Å². The van der Waals surface area contributed by atoms with Crippen LogP contribution in [0.4, 0.5) is 0 Å². The number of hydrogen-bond acceptors (Lipinski definition) is 3. The van der Waals surface area contributed by atoms with Crippen LogP contribution in [0, 0.1) is 6.92 Å². The van der Waals surface area contributed by atoms with E-state index in [0.29, 0.717) is 6.61 Å². The van der Waals surface area contributed by atoms with Crippen molar-refractivity contribution in [3.05, 3.63) is 36.0 Å². The second-order valence-corrected chi connectivity index (χ2v) is 5.14. The minimum Gasteiger partial charge on any atom is -0.491 e. The summed E-state index contributed by atoms with van der Waals surface area (Å²) in [4.78, 5) is 4.51. The van der Waals surface area contributed by atoms with Crippen LogP contribution >= 0.6 is 0 Å². The van der Waals surface area contributed by atoms with Gasteiger partial charge in [0.2, 0.25) is 0 Å². The Hall–Kier alpha value is -1.61. The molecule has 1 heterocycles. The summed E-state index contributed by atoms with van der Waals surface area (Å²) in [5, 5.41) is 1.04. The van der Waals surface area contributed by atoms with Crippen LogP contribution in [0.5, 0.6) is 5.75 Å². The Morgan fingerprint density at radius 1 is 1.21 bits per heavy atom. The maximum atomic E-state index is 6.29. The lowest BCUT2D eigenvalue weighted by molar-refractivity contribution is 0.209. The van der Waals surface area contributed by atoms with E-state index in [1.807, 2.05) is 37.3 Å². The monoisotopic (exact) mass is 258 g/mol. The zero-order chi connectivity index (χ0) is 13.9. The van der Waals surface area contributed by atoms with E-state index in [4.69, 9.17) is 10.5 Å². The van der Waals surface area contributed by atoms with Gasteiger partial charge in [0.15, 0.2) is 0 Å². The first-order valence-electron chi connectivity index (χ1n) is 6.86. The van der Waals surface area contributed by atoms with Gasteiger partial charge in [-0.15, -0.1) is 0 Å². The largest absolute Gasteiger partial charge is 0.491 e. The number of aryl methyl sites for hydroxylation is 1. The number of nitrogens with zero attached hydrogens (tertiary/aromatic N) is 1. The molecule has 0 fully saturated rings. The van der Waals surface area contributed by atoms with Crippen molar-refractivity contribution in [1.82, 2.24) is 4.98 Å². The number of rotatable bonds is 5. The number of nitrogens with two attached hydrogens (primary N) is 1. The molecule has 0 spiro atoms. The van der Waals surface area contributed by atoms with Crippen molar-refractivity contribution < 1.29 is 4.74 Å². The van der Waals surface area contributed by atoms with Crippen molar-refractivity contribution in [1.29, 1.82) is 0 Å². The van der Waals surface area contributed by atoms with Crippen molar-refractivity contribution in [3.8, 4) is 5.75 Å². The van der Waals surface area contributed by atoms with Gasteiger partial charge in [0.1, 0.15) is 12.4 Å². The molecule has 1 aromatic heterocycles. The van der Waals surface area contributed by atoms with Crippen molar-refractivity contribution in [2.24, 2.45) is 5.73 Å². The molecular weight excluding hydrogens is 236 g/mol. The van der Waals surface area contributed by atoms with E-state index < -0.39 is 0 Å². The normalized spacial score (nSPS) is 11.8. The third-order valence-electron chi connectivity index (χ3n) is 3.73. The fraction of sp³-hybridized carbons (Fsp3) is 0.438. The van der Waals surface area contributed by atoms with E-state index in [9.17, 15) is 0 Å². The third kappa shape index (κ3) is 3.04. The summed E-state index contributed by atoms with van der Waals surface area (Å²) in [7, 11) is 0. The van der Waals surface area contributed by atoms with Gasteiger partial charge in [0.05, 0.1) is 5.52 Å². The highest BCUT2D eigenvalue weighted by Crippen LogP contribution is 2.26. The number of ether oxygens (including phenoxy) is 1. The number of pyridine rings is 1. The van der Waals surface area contributed by atoms with Crippen LogP contribution in [-0.2, 0) is 0 Å². The number of hydrogen-bond donors (Lipinski definition) is 1. The Bertz CT molecular complexity index is 562. The van der Waals surface area contributed by atoms with Gasteiger partial charge < -0.3 is 10.5 Å². The molecule has 2 aromatic rings. The van der Waals surface area contributed by atoms with E-state index in [1.54, 1.807) is 0 Å². The Kier molecular flexibility index (Phi) is 4.05. The second-order valence-electron chi connectivity index (χ2n) is 5.14. The highest BCUT2D eigenvalue weighted by atomic mass is 16.5. The molecule has 0 aliphatic heterocycles. The molecule has 0 atom stereocenters. The summed E-state index contributed by atoms with van der Waals surface area (Å²) in [5.41, 5.74) is 7.96. The Morgan fingerprint density at radius 3 is 2.58 bits per heavy atom. The van der Waals surface area contributed by atoms with Gasteiger partial charge in [-0.25, -0.2) is 0 Å². The average Bonchev–Trinajstić information content (AvgIpc) is 2.44. The molecule has 0 unspecified atom stereocenters. The van der Waals surface area contributed by atoms with Gasteiger partial charge in [-0.05, 0) is 31.9 Å². The van der Waals surface area contributed by atoms with E-state index in [2.05, 4.69) is 18.8 Å². The molecule has 0 aliphatic carbocycles. The summed E-state index contributed by atoms with van der Waals surface area (Å²) in [6.07, 6.45) is 1.82. The van der Waals surface area contributed by atoms with Crippen LogP contribution in [0.2, 0.25) is 0 Å². The highest BCUT2D eigenvalue weighted by molar-refractivity contribution is 5.85. The Balaban J connectivity index is 2.30. The lowest BCUT2D eigenvalue weighted by Crippen LogP contribution is -2.44. The first-order valence-corrected chi connectivity index (χ1v) is 6.86. The van der Waals surface area contributed by atoms with Crippen LogP contribution in [0.1, 0.15) is 32.4 Å². The van der Waals surface area contributed by atoms with Crippen LogP contribution in [0.3, 0.4) is 0 Å². The first kappa shape index (κ1) is 13.8. The van der Waals surface area contributed by atoms with Gasteiger partial charge in [-0.2, -0.15) is 0 Å². The minimum atomic E-state index is -0.252. The standard InChI is InChI=1S/C16H22N2O/c1-4-16(17,5-2)11-19-15-10-12(3)18-14-9-7-6-8-13(14)15/h6-10H,4-5,11,17H2,1-3H3. The molecule has 2 N–H and O–H groups in total. The lowest BCUT2D eigenvalue weighted by atomic mass is 9.95. The second kappa shape index (κ2) is 5.57. The number of para-hydroxylation sites is 1. The molecule has 0 bridgehead atoms. The smallest absolute Gasteiger partial charge is 0.130 e. The topological polar surface area (TPSA) is 48.1 Å². The fourth-order valence-electron chi connectivity index (χ4n) is 2.06. The molecule has 0 radical (unpaired) electrons. The highest BCUT2D eigenvalue weighted by Gasteiger charge is 2.21. The summed E-state index contributed by atoms with van der Waals surface area (Å²) in [6.45, 7) is 6.72. The quantitative estimate of drug-likeness (QED) is 0.893. The van der Waals surface area contributed by atoms with E-state index in [1.165, 1.54) is 0 Å². The molecule has 3 nitrogen and oxygen atoms in total. The Labute approximate surface area is 114 Å². The van der Waals surface area contributed by atoms with Crippen LogP contribution < -0.4 is 10.5 Å². The molecule has 3 heteroatoms. The SMILES string of the molecule is CCC(N)(CC)COc1cc(C)nc2ccccc12. The molecule has 0 saturated heterocycles. The molecule has 0 aliphatic rings. The van der Waals surface area contributed by atoms with Gasteiger partial charge >= 0.3 is 0 Å². The molecule has 0 amide bonds. The summed E-state index contributed by atoms with van der Waals surface area (Å²) < 4.78 is 5.98. The van der Waals surface area contributed by atoms with Crippen LogP contribution in [0.25, 0.3) is 10.9 Å². The average molecular weight is 258 g/mol. The molecule has 102 valence electrons. The predicted molar refractivity (Wildman–Crippen MR) is 79.5 cm³/mol. The maximum Gasteiger partial charge on any atom is 0.130 e. The first-order chi connectivity index (χ1) is 9.08. The van der Waals surface area contributed by atoms with Gasteiger partial charge in [-0.3, -0.25) is 4.98 Å². The zero-order valence-corrected chi connectivity index (χ0v) is 11.9. The summed E-state index contributed by atoms with van der Waals surface area (Å²) in [5.74, 6) is 0.875. The van der Waals surface area contributed by atoms with Gasteiger partial charge in [0.25, 0.3) is 0 Å². The van der Waals surface area contributed by atoms with Crippen molar-refractivity contribution in [2.45, 2.75) is 39.2 Å². The van der Waals surface area contributed by atoms with Crippen LogP contribution in [0.15, 0.2) is 30.3 Å². The summed E-state index contributed by atoms with van der Waals surface area (Å²) in [6, 6.07) is 10.0. The molecule has 2 rings (SSSR count). The molecule has 19 heavy (non-hydrogen) atoms. The minimum absolute atomic E-state index is 0.252.